The van der Waals surface area contributed by atoms with Gasteiger partial charge in [0.2, 0.25) is 5.91 Å². The van der Waals surface area contributed by atoms with Crippen LogP contribution in [0.15, 0.2) is 18.2 Å². The van der Waals surface area contributed by atoms with Gasteiger partial charge in [0.1, 0.15) is 12.3 Å². The summed E-state index contributed by atoms with van der Waals surface area (Å²) in [4.78, 5) is 38.7. The molecule has 2 rings (SSSR count). The van der Waals surface area contributed by atoms with Crippen LogP contribution in [0.25, 0.3) is 0 Å². The highest BCUT2D eigenvalue weighted by molar-refractivity contribution is 6.04. The summed E-state index contributed by atoms with van der Waals surface area (Å²) in [6.45, 7) is 8.32. The van der Waals surface area contributed by atoms with Crippen LogP contribution in [0.5, 0.6) is 5.75 Å². The molecule has 1 atom stereocenters. The van der Waals surface area contributed by atoms with E-state index in [1.807, 2.05) is 27.7 Å². The summed E-state index contributed by atoms with van der Waals surface area (Å²) in [5.41, 5.74) is 0.107. The molecule has 136 valence electrons. The highest BCUT2D eigenvalue weighted by Crippen LogP contribution is 2.38. The van der Waals surface area contributed by atoms with Crippen LogP contribution in [0.3, 0.4) is 0 Å². The molecule has 25 heavy (non-hydrogen) atoms. The molecule has 0 aromatic heterocycles. The van der Waals surface area contributed by atoms with Gasteiger partial charge in [0.15, 0.2) is 6.10 Å². The molecular formula is C17H23N3O5. The Morgan fingerprint density at radius 2 is 2.00 bits per heavy atom. The van der Waals surface area contributed by atoms with E-state index in [2.05, 4.69) is 0 Å². The van der Waals surface area contributed by atoms with Crippen molar-refractivity contribution in [1.82, 2.24) is 4.90 Å². The van der Waals surface area contributed by atoms with Gasteiger partial charge in [0, 0.05) is 25.2 Å². The number of ether oxygens (including phenoxy) is 1. The number of carbonyl (C=O) groups is 2. The maximum Gasteiger partial charge on any atom is 0.271 e. The Kier molecular flexibility index (Phi) is 5.61. The standard InChI is InChI=1S/C17H23N3O5/c1-5-18(6-2)15(21)10-19-13-9-12(20(23)24)7-8-14(13)25-16(11(3)4)17(19)22/h7-9,11,16H,5-6,10H2,1-4H3. The van der Waals surface area contributed by atoms with E-state index in [9.17, 15) is 19.7 Å². The van der Waals surface area contributed by atoms with Crippen molar-refractivity contribution in [2.75, 3.05) is 24.5 Å². The van der Waals surface area contributed by atoms with Crippen molar-refractivity contribution in [2.45, 2.75) is 33.8 Å². The van der Waals surface area contributed by atoms with Crippen molar-refractivity contribution in [1.29, 1.82) is 0 Å². The third-order valence-electron chi connectivity index (χ3n) is 4.22. The number of hydrogen-bond acceptors (Lipinski definition) is 5. The van der Waals surface area contributed by atoms with Gasteiger partial charge in [0.25, 0.3) is 11.6 Å². The van der Waals surface area contributed by atoms with Crippen molar-refractivity contribution in [3.63, 3.8) is 0 Å². The maximum atomic E-state index is 12.8. The number of hydrogen-bond donors (Lipinski definition) is 0. The molecule has 2 amide bonds. The quantitative estimate of drug-likeness (QED) is 0.580. The van der Waals surface area contributed by atoms with E-state index in [1.54, 1.807) is 4.90 Å². The van der Waals surface area contributed by atoms with Gasteiger partial charge >= 0.3 is 0 Å². The monoisotopic (exact) mass is 349 g/mol. The zero-order valence-electron chi connectivity index (χ0n) is 14.9. The number of carbonyl (C=O) groups excluding carboxylic acids is 2. The first-order valence-electron chi connectivity index (χ1n) is 8.34. The van der Waals surface area contributed by atoms with E-state index in [0.29, 0.717) is 18.8 Å². The lowest BCUT2D eigenvalue weighted by molar-refractivity contribution is -0.384. The van der Waals surface area contributed by atoms with Crippen LogP contribution in [0, 0.1) is 16.0 Å². The molecule has 0 aliphatic carbocycles. The van der Waals surface area contributed by atoms with Crippen LogP contribution >= 0.6 is 0 Å². The molecule has 0 bridgehead atoms. The zero-order chi connectivity index (χ0) is 18.7. The highest BCUT2D eigenvalue weighted by atomic mass is 16.6. The lowest BCUT2D eigenvalue weighted by Gasteiger charge is -2.36. The van der Waals surface area contributed by atoms with Gasteiger partial charge in [-0.3, -0.25) is 24.6 Å². The van der Waals surface area contributed by atoms with Crippen LogP contribution in [0.4, 0.5) is 11.4 Å². The fourth-order valence-corrected chi connectivity index (χ4v) is 2.79. The minimum absolute atomic E-state index is 0.0955. The van der Waals surface area contributed by atoms with Gasteiger partial charge in [-0.2, -0.15) is 0 Å². The van der Waals surface area contributed by atoms with Gasteiger partial charge in [-0.25, -0.2) is 0 Å². The fourth-order valence-electron chi connectivity index (χ4n) is 2.79. The summed E-state index contributed by atoms with van der Waals surface area (Å²) < 4.78 is 5.73. The molecule has 0 radical (unpaired) electrons. The second-order valence-electron chi connectivity index (χ2n) is 6.18. The Morgan fingerprint density at radius 1 is 1.36 bits per heavy atom. The number of amides is 2. The third kappa shape index (κ3) is 3.72. The van der Waals surface area contributed by atoms with E-state index < -0.39 is 11.0 Å². The molecule has 1 aliphatic heterocycles. The molecular weight excluding hydrogens is 326 g/mol. The molecule has 8 heteroatoms. The van der Waals surface area contributed by atoms with Crippen molar-refractivity contribution in [2.24, 2.45) is 5.92 Å². The van der Waals surface area contributed by atoms with Gasteiger partial charge in [-0.05, 0) is 25.8 Å². The summed E-state index contributed by atoms with van der Waals surface area (Å²) >= 11 is 0. The first-order valence-corrected chi connectivity index (χ1v) is 8.34. The summed E-state index contributed by atoms with van der Waals surface area (Å²) in [6, 6.07) is 4.08. The number of benzene rings is 1. The van der Waals surface area contributed by atoms with E-state index in [4.69, 9.17) is 4.74 Å². The van der Waals surface area contributed by atoms with Crippen molar-refractivity contribution in [3.05, 3.63) is 28.3 Å². The largest absolute Gasteiger partial charge is 0.478 e. The fraction of sp³-hybridized carbons (Fsp3) is 0.529. The normalized spacial score (nSPS) is 16.4. The van der Waals surface area contributed by atoms with Gasteiger partial charge < -0.3 is 9.64 Å². The summed E-state index contributed by atoms with van der Waals surface area (Å²) in [5, 5.41) is 11.1. The minimum Gasteiger partial charge on any atom is -0.478 e. The molecule has 1 heterocycles. The van der Waals surface area contributed by atoms with E-state index in [0.717, 1.165) is 0 Å². The Morgan fingerprint density at radius 3 is 2.52 bits per heavy atom. The van der Waals surface area contributed by atoms with E-state index >= 15 is 0 Å². The average Bonchev–Trinajstić information content (AvgIpc) is 2.57. The predicted octanol–water partition coefficient (Wildman–Crippen LogP) is 2.21. The lowest BCUT2D eigenvalue weighted by atomic mass is 10.0. The van der Waals surface area contributed by atoms with Crippen LogP contribution in [-0.4, -0.2) is 47.4 Å². The predicted molar refractivity (Wildman–Crippen MR) is 92.6 cm³/mol. The molecule has 0 saturated heterocycles. The van der Waals surface area contributed by atoms with Crippen LogP contribution < -0.4 is 9.64 Å². The van der Waals surface area contributed by atoms with E-state index in [-0.39, 0.29) is 35.7 Å². The molecule has 0 fully saturated rings. The minimum atomic E-state index is -0.724. The average molecular weight is 349 g/mol. The number of likely N-dealkylation sites (N-methyl/N-ethyl adjacent to an activating group) is 1. The number of nitrogens with zero attached hydrogens (tertiary/aromatic N) is 3. The summed E-state index contributed by atoms with van der Waals surface area (Å²) in [6.07, 6.45) is -0.724. The number of nitro benzene ring substituents is 1. The Labute approximate surface area is 146 Å². The van der Waals surface area contributed by atoms with Gasteiger partial charge in [0.05, 0.1) is 10.6 Å². The van der Waals surface area contributed by atoms with Crippen LogP contribution in [-0.2, 0) is 9.59 Å². The second kappa shape index (κ2) is 7.50. The molecule has 0 saturated carbocycles. The Balaban J connectivity index is 2.44. The summed E-state index contributed by atoms with van der Waals surface area (Å²) in [7, 11) is 0. The SMILES string of the molecule is CCN(CC)C(=O)CN1C(=O)C(C(C)C)Oc2ccc([N+](=O)[O-])cc21. The number of fused-ring (bicyclic) bond motifs is 1. The number of anilines is 1. The van der Waals surface area contributed by atoms with Gasteiger partial charge in [-0.1, -0.05) is 13.8 Å². The maximum absolute atomic E-state index is 12.8. The van der Waals surface area contributed by atoms with Crippen LogP contribution in [0.2, 0.25) is 0 Å². The molecule has 1 aromatic carbocycles. The Hall–Kier alpha value is -2.64. The summed E-state index contributed by atoms with van der Waals surface area (Å²) in [5.74, 6) is -0.290. The zero-order valence-corrected chi connectivity index (χ0v) is 14.9. The molecule has 1 aliphatic rings. The Bertz CT molecular complexity index is 685. The van der Waals surface area contributed by atoms with Crippen molar-refractivity contribution >= 4 is 23.2 Å². The molecule has 1 aromatic rings. The number of non-ortho nitro benzene ring substituents is 1. The molecule has 0 N–H and O–H groups in total. The molecule has 8 nitrogen and oxygen atoms in total. The third-order valence-corrected chi connectivity index (χ3v) is 4.22. The second-order valence-corrected chi connectivity index (χ2v) is 6.18. The molecule has 1 unspecified atom stereocenters. The number of rotatable bonds is 6. The first kappa shape index (κ1) is 18.7. The topological polar surface area (TPSA) is 93.0 Å². The first-order chi connectivity index (χ1) is 11.8. The molecule has 0 spiro atoms. The smallest absolute Gasteiger partial charge is 0.271 e. The number of nitro groups is 1. The van der Waals surface area contributed by atoms with Crippen molar-refractivity contribution in [3.8, 4) is 5.75 Å². The van der Waals surface area contributed by atoms with Crippen molar-refractivity contribution < 1.29 is 19.2 Å². The van der Waals surface area contributed by atoms with Crippen LogP contribution in [0.1, 0.15) is 27.7 Å². The van der Waals surface area contributed by atoms with E-state index in [1.165, 1.54) is 23.1 Å². The van der Waals surface area contributed by atoms with Gasteiger partial charge in [-0.15, -0.1) is 0 Å². The highest BCUT2D eigenvalue weighted by Gasteiger charge is 2.38. The lowest BCUT2D eigenvalue weighted by Crippen LogP contribution is -2.52.